The number of hydrogen-bond donors (Lipinski definition) is 1. The molecule has 26 heavy (non-hydrogen) atoms. The van der Waals surface area contributed by atoms with E-state index in [2.05, 4.69) is 36.2 Å². The molecule has 2 heterocycles. The molecule has 2 saturated heterocycles. The highest BCUT2D eigenvalue weighted by Gasteiger charge is 2.42. The molecule has 0 aromatic heterocycles. The summed E-state index contributed by atoms with van der Waals surface area (Å²) in [5, 5.41) is 3.47. The number of benzene rings is 1. The normalized spacial score (nSPS) is 23.8. The van der Waals surface area contributed by atoms with E-state index in [0.29, 0.717) is 11.3 Å². The Balaban J connectivity index is 0.00000243. The SMILES string of the molecule is CCNC(=NCC(C)c1ccccc1OC)N1CCC2(CCOC2)C1.I. The molecular formula is C20H32IN3O2. The zero-order chi connectivity index (χ0) is 17.7. The summed E-state index contributed by atoms with van der Waals surface area (Å²) < 4.78 is 11.1. The Kier molecular flexibility index (Phi) is 8.01. The van der Waals surface area contributed by atoms with Crippen LogP contribution in [0.1, 0.15) is 38.2 Å². The van der Waals surface area contributed by atoms with Crippen molar-refractivity contribution in [2.45, 2.75) is 32.6 Å². The van der Waals surface area contributed by atoms with Crippen LogP contribution in [0.25, 0.3) is 0 Å². The molecule has 2 aliphatic heterocycles. The molecule has 0 bridgehead atoms. The standard InChI is InChI=1S/C20H31N3O2.HI/c1-4-21-19(23-11-9-20(14-23)10-12-25-15-20)22-13-16(2)17-7-5-6-8-18(17)24-3;/h5-8,16H,4,9-15H2,1-3H3,(H,21,22);1H. The van der Waals surface area contributed by atoms with Gasteiger partial charge in [0.05, 0.1) is 13.7 Å². The van der Waals surface area contributed by atoms with Crippen molar-refractivity contribution in [1.29, 1.82) is 0 Å². The van der Waals surface area contributed by atoms with E-state index in [1.807, 2.05) is 12.1 Å². The van der Waals surface area contributed by atoms with Gasteiger partial charge < -0.3 is 19.7 Å². The van der Waals surface area contributed by atoms with Crippen LogP contribution in [-0.4, -0.2) is 57.4 Å². The van der Waals surface area contributed by atoms with Gasteiger partial charge >= 0.3 is 0 Å². The summed E-state index contributed by atoms with van der Waals surface area (Å²) in [5.74, 6) is 2.29. The molecule has 2 fully saturated rings. The maximum Gasteiger partial charge on any atom is 0.193 e. The summed E-state index contributed by atoms with van der Waals surface area (Å²) in [4.78, 5) is 7.35. The topological polar surface area (TPSA) is 46.1 Å². The number of nitrogens with one attached hydrogen (secondary N) is 1. The van der Waals surface area contributed by atoms with E-state index >= 15 is 0 Å². The first-order valence-electron chi connectivity index (χ1n) is 9.41. The van der Waals surface area contributed by atoms with Gasteiger partial charge in [0.1, 0.15) is 5.75 Å². The van der Waals surface area contributed by atoms with Crippen LogP contribution in [0.5, 0.6) is 5.75 Å². The van der Waals surface area contributed by atoms with Crippen molar-refractivity contribution in [3.63, 3.8) is 0 Å². The molecule has 6 heteroatoms. The van der Waals surface area contributed by atoms with E-state index in [0.717, 1.165) is 51.1 Å². The third kappa shape index (κ3) is 4.82. The lowest BCUT2D eigenvalue weighted by Gasteiger charge is -2.25. The van der Waals surface area contributed by atoms with Gasteiger partial charge in [0.2, 0.25) is 0 Å². The van der Waals surface area contributed by atoms with Crippen LogP contribution in [-0.2, 0) is 4.74 Å². The molecule has 2 aliphatic rings. The minimum atomic E-state index is 0. The van der Waals surface area contributed by atoms with Crippen LogP contribution in [0, 0.1) is 5.41 Å². The molecule has 5 nitrogen and oxygen atoms in total. The van der Waals surface area contributed by atoms with E-state index < -0.39 is 0 Å². The van der Waals surface area contributed by atoms with E-state index in [1.54, 1.807) is 7.11 Å². The van der Waals surface area contributed by atoms with Gasteiger partial charge in [-0.1, -0.05) is 25.1 Å². The fraction of sp³-hybridized carbons (Fsp3) is 0.650. The molecule has 0 amide bonds. The number of guanidine groups is 1. The number of halogens is 1. The first-order valence-corrected chi connectivity index (χ1v) is 9.41. The third-order valence-corrected chi connectivity index (χ3v) is 5.44. The molecule has 0 aliphatic carbocycles. The van der Waals surface area contributed by atoms with Gasteiger partial charge in [0.15, 0.2) is 5.96 Å². The van der Waals surface area contributed by atoms with Gasteiger partial charge in [-0.3, -0.25) is 4.99 Å². The largest absolute Gasteiger partial charge is 0.496 e. The highest BCUT2D eigenvalue weighted by Crippen LogP contribution is 2.38. The van der Waals surface area contributed by atoms with Crippen molar-refractivity contribution in [1.82, 2.24) is 10.2 Å². The van der Waals surface area contributed by atoms with Crippen LogP contribution in [0.4, 0.5) is 0 Å². The summed E-state index contributed by atoms with van der Waals surface area (Å²) >= 11 is 0. The van der Waals surface area contributed by atoms with Crippen molar-refractivity contribution >= 4 is 29.9 Å². The van der Waals surface area contributed by atoms with Crippen LogP contribution in [0.2, 0.25) is 0 Å². The highest BCUT2D eigenvalue weighted by molar-refractivity contribution is 14.0. The van der Waals surface area contributed by atoms with Crippen molar-refractivity contribution in [2.24, 2.45) is 10.4 Å². The lowest BCUT2D eigenvalue weighted by atomic mass is 9.87. The molecule has 1 aromatic rings. The highest BCUT2D eigenvalue weighted by atomic mass is 127. The number of aliphatic imine (C=N–C) groups is 1. The van der Waals surface area contributed by atoms with Crippen LogP contribution >= 0.6 is 24.0 Å². The quantitative estimate of drug-likeness (QED) is 0.404. The molecule has 3 rings (SSSR count). The second-order valence-electron chi connectivity index (χ2n) is 7.31. The molecule has 1 N–H and O–H groups in total. The number of rotatable bonds is 5. The first kappa shape index (κ1) is 21.3. The number of nitrogens with zero attached hydrogens (tertiary/aromatic N) is 2. The zero-order valence-corrected chi connectivity index (χ0v) is 18.5. The second-order valence-corrected chi connectivity index (χ2v) is 7.31. The summed E-state index contributed by atoms with van der Waals surface area (Å²) in [6.07, 6.45) is 2.39. The molecule has 1 spiro atoms. The van der Waals surface area contributed by atoms with E-state index in [4.69, 9.17) is 14.5 Å². The average molecular weight is 473 g/mol. The van der Waals surface area contributed by atoms with Gasteiger partial charge in [0, 0.05) is 44.1 Å². The van der Waals surface area contributed by atoms with Crippen molar-refractivity contribution < 1.29 is 9.47 Å². The van der Waals surface area contributed by atoms with E-state index in [1.165, 1.54) is 18.4 Å². The van der Waals surface area contributed by atoms with Gasteiger partial charge in [-0.05, 0) is 31.4 Å². The van der Waals surface area contributed by atoms with Crippen LogP contribution in [0.3, 0.4) is 0 Å². The minimum Gasteiger partial charge on any atom is -0.496 e. The number of ether oxygens (including phenoxy) is 2. The van der Waals surface area contributed by atoms with E-state index in [-0.39, 0.29) is 24.0 Å². The lowest BCUT2D eigenvalue weighted by molar-refractivity contribution is 0.156. The lowest BCUT2D eigenvalue weighted by Crippen LogP contribution is -2.41. The molecule has 2 unspecified atom stereocenters. The Hall–Kier alpha value is -1.02. The maximum atomic E-state index is 5.65. The number of methoxy groups -OCH3 is 1. The second kappa shape index (κ2) is 9.78. The Morgan fingerprint density at radius 2 is 2.19 bits per heavy atom. The van der Waals surface area contributed by atoms with Gasteiger partial charge in [0.25, 0.3) is 0 Å². The van der Waals surface area contributed by atoms with Gasteiger partial charge in [-0.25, -0.2) is 0 Å². The summed E-state index contributed by atoms with van der Waals surface area (Å²) in [7, 11) is 1.73. The van der Waals surface area contributed by atoms with Gasteiger partial charge in [-0.15, -0.1) is 24.0 Å². The van der Waals surface area contributed by atoms with Crippen molar-refractivity contribution in [3.8, 4) is 5.75 Å². The van der Waals surface area contributed by atoms with E-state index in [9.17, 15) is 0 Å². The Morgan fingerprint density at radius 3 is 2.88 bits per heavy atom. The predicted octanol–water partition coefficient (Wildman–Crippen LogP) is 3.49. The summed E-state index contributed by atoms with van der Waals surface area (Å²) in [6, 6.07) is 8.22. The zero-order valence-electron chi connectivity index (χ0n) is 16.2. The monoisotopic (exact) mass is 473 g/mol. The predicted molar refractivity (Wildman–Crippen MR) is 117 cm³/mol. The molecule has 146 valence electrons. The number of para-hydroxylation sites is 1. The maximum absolute atomic E-state index is 5.65. The van der Waals surface area contributed by atoms with Crippen LogP contribution < -0.4 is 10.1 Å². The molecular weight excluding hydrogens is 441 g/mol. The number of hydrogen-bond acceptors (Lipinski definition) is 3. The fourth-order valence-corrected chi connectivity index (χ4v) is 3.91. The Bertz CT molecular complexity index is 602. The first-order chi connectivity index (χ1) is 12.2. The minimum absolute atomic E-state index is 0. The molecule has 2 atom stereocenters. The molecule has 0 saturated carbocycles. The summed E-state index contributed by atoms with van der Waals surface area (Å²) in [5.41, 5.74) is 1.57. The Morgan fingerprint density at radius 1 is 1.38 bits per heavy atom. The van der Waals surface area contributed by atoms with Gasteiger partial charge in [-0.2, -0.15) is 0 Å². The molecule has 1 aromatic carbocycles. The average Bonchev–Trinajstić information content (AvgIpc) is 3.28. The number of likely N-dealkylation sites (tertiary alicyclic amines) is 1. The summed E-state index contributed by atoms with van der Waals surface area (Å²) in [6.45, 7) is 9.92. The van der Waals surface area contributed by atoms with Crippen molar-refractivity contribution in [3.05, 3.63) is 29.8 Å². The third-order valence-electron chi connectivity index (χ3n) is 5.44. The Labute approximate surface area is 174 Å². The molecule has 0 radical (unpaired) electrons. The van der Waals surface area contributed by atoms with Crippen LogP contribution in [0.15, 0.2) is 29.3 Å². The smallest absolute Gasteiger partial charge is 0.193 e. The fourth-order valence-electron chi connectivity index (χ4n) is 3.91. The van der Waals surface area contributed by atoms with Crippen molar-refractivity contribution in [2.75, 3.05) is 46.5 Å².